The summed E-state index contributed by atoms with van der Waals surface area (Å²) < 4.78 is 0. The first-order valence-corrected chi connectivity index (χ1v) is 8.79. The van der Waals surface area contributed by atoms with E-state index in [4.69, 9.17) is 0 Å². The molecule has 0 saturated carbocycles. The van der Waals surface area contributed by atoms with E-state index >= 15 is 0 Å². The van der Waals surface area contributed by atoms with Crippen LogP contribution in [0.2, 0.25) is 0 Å². The van der Waals surface area contributed by atoms with E-state index in [1.807, 2.05) is 60.3 Å². The summed E-state index contributed by atoms with van der Waals surface area (Å²) in [5.74, 6) is 1.63. The predicted octanol–water partition coefficient (Wildman–Crippen LogP) is 6.94. The summed E-state index contributed by atoms with van der Waals surface area (Å²) in [6.07, 6.45) is 1.01. The van der Waals surface area contributed by atoms with Crippen LogP contribution in [0.4, 0.5) is 0 Å². The van der Waals surface area contributed by atoms with Crippen LogP contribution in [0.5, 0.6) is 0 Å². The number of carbonyl (C=O) groups is 1. The number of aryl methyl sites for hydroxylation is 2. The lowest BCUT2D eigenvalue weighted by atomic mass is 10.1. The molecule has 1 aromatic rings. The molecule has 0 radical (unpaired) electrons. The van der Waals surface area contributed by atoms with E-state index in [0.717, 1.165) is 30.2 Å². The van der Waals surface area contributed by atoms with Crippen molar-refractivity contribution in [3.05, 3.63) is 17.2 Å². The molecule has 2 heterocycles. The van der Waals surface area contributed by atoms with Crippen LogP contribution in [0, 0.1) is 19.8 Å². The number of H-pyrrole nitrogens is 1. The monoisotopic (exact) mass is 359 g/mol. The van der Waals surface area contributed by atoms with Crippen LogP contribution in [-0.4, -0.2) is 27.3 Å². The van der Waals surface area contributed by atoms with E-state index in [1.165, 1.54) is 0 Å². The largest absolute Gasteiger partial charge is 0.344 e. The highest BCUT2D eigenvalue weighted by atomic mass is 16.2. The predicted molar refractivity (Wildman–Crippen MR) is 116 cm³/mol. The molecule has 0 bridgehead atoms. The lowest BCUT2D eigenvalue weighted by Crippen LogP contribution is -2.29. The fraction of sp³-hybridized carbons (Fsp3) is 0.810. The number of aromatic nitrogens is 2. The molecule has 0 aromatic carbocycles. The van der Waals surface area contributed by atoms with Gasteiger partial charge in [0.1, 0.15) is 5.82 Å². The first kappa shape index (κ1) is 34.9. The quantitative estimate of drug-likeness (QED) is 0.590. The normalized spacial score (nSPS) is 16.8. The van der Waals surface area contributed by atoms with Crippen molar-refractivity contribution in [3.63, 3.8) is 0 Å². The number of nitrogens with zero attached hydrogens (tertiary/aromatic N) is 2. The molecule has 2 atom stereocenters. The van der Waals surface area contributed by atoms with Crippen molar-refractivity contribution in [1.29, 1.82) is 0 Å². The van der Waals surface area contributed by atoms with Crippen molar-refractivity contribution in [2.45, 2.75) is 104 Å². The van der Waals surface area contributed by atoms with Gasteiger partial charge in [0.15, 0.2) is 0 Å². The summed E-state index contributed by atoms with van der Waals surface area (Å²) in [4.78, 5) is 21.3. The van der Waals surface area contributed by atoms with E-state index in [2.05, 4.69) is 16.9 Å². The van der Waals surface area contributed by atoms with Crippen molar-refractivity contribution < 1.29 is 4.79 Å². The molecule has 2 unspecified atom stereocenters. The third-order valence-electron chi connectivity index (χ3n) is 3.38. The number of amides is 1. The van der Waals surface area contributed by atoms with Gasteiger partial charge in [0.05, 0.1) is 11.7 Å². The Morgan fingerprint density at radius 2 is 1.48 bits per heavy atom. The van der Waals surface area contributed by atoms with Gasteiger partial charge >= 0.3 is 0 Å². The van der Waals surface area contributed by atoms with Crippen molar-refractivity contribution >= 4 is 5.91 Å². The van der Waals surface area contributed by atoms with Gasteiger partial charge in [-0.25, -0.2) is 4.98 Å². The zero-order valence-corrected chi connectivity index (χ0v) is 16.4. The zero-order valence-electron chi connectivity index (χ0n) is 16.4. The highest BCUT2D eigenvalue weighted by Gasteiger charge is 2.34. The second kappa shape index (κ2) is 19.0. The van der Waals surface area contributed by atoms with Gasteiger partial charge < -0.3 is 9.88 Å². The Morgan fingerprint density at radius 1 is 1.04 bits per heavy atom. The van der Waals surface area contributed by atoms with Gasteiger partial charge in [-0.2, -0.15) is 0 Å². The van der Waals surface area contributed by atoms with E-state index in [-0.39, 0.29) is 34.2 Å². The maximum Gasteiger partial charge on any atom is 0.220 e. The molecule has 1 amide bonds. The number of nitrogens with one attached hydrogen (secondary N) is 1. The van der Waals surface area contributed by atoms with Gasteiger partial charge in [-0.3, -0.25) is 4.79 Å². The zero-order chi connectivity index (χ0) is 17.9. The molecule has 0 spiro atoms. The van der Waals surface area contributed by atoms with Gasteiger partial charge in [-0.15, -0.1) is 0 Å². The third-order valence-corrected chi connectivity index (χ3v) is 3.38. The van der Waals surface area contributed by atoms with Gasteiger partial charge in [-0.05, 0) is 26.2 Å². The Kier molecular flexibility index (Phi) is 26.5. The molecule has 25 heavy (non-hydrogen) atoms. The standard InChI is InChI=1S/C12H19N3O.3C2H6.3CH4/c1-7-5-11(15(6-7)10(4)16)12-13-8(2)9(3)14-12;3*1-2;;;/h7,11H,5-6H2,1-4H3,(H,13,14);3*1-2H3;3*1H4. The van der Waals surface area contributed by atoms with Crippen molar-refractivity contribution in [2.75, 3.05) is 6.54 Å². The molecule has 4 nitrogen and oxygen atoms in total. The van der Waals surface area contributed by atoms with E-state index < -0.39 is 0 Å². The fourth-order valence-electron chi connectivity index (χ4n) is 2.39. The molecule has 154 valence electrons. The Bertz CT molecular complexity index is 394. The van der Waals surface area contributed by atoms with Crippen molar-refractivity contribution in [3.8, 4) is 0 Å². The number of hydrogen-bond acceptors (Lipinski definition) is 2. The Balaban J connectivity index is -0.000000135. The van der Waals surface area contributed by atoms with Gasteiger partial charge in [0.2, 0.25) is 5.91 Å². The minimum Gasteiger partial charge on any atom is -0.344 e. The molecule has 1 aliphatic rings. The average molecular weight is 360 g/mol. The van der Waals surface area contributed by atoms with Crippen LogP contribution in [-0.2, 0) is 4.79 Å². The minimum atomic E-state index is 0. The molecule has 1 saturated heterocycles. The summed E-state index contributed by atoms with van der Waals surface area (Å²) in [5.41, 5.74) is 2.12. The summed E-state index contributed by atoms with van der Waals surface area (Å²) >= 11 is 0. The number of aromatic amines is 1. The summed E-state index contributed by atoms with van der Waals surface area (Å²) in [5, 5.41) is 0. The number of likely N-dealkylation sites (tertiary alicyclic amines) is 1. The SMILES string of the molecule is C.C.C.CC.CC.CC.CC(=O)N1CC(C)CC1c1nc(C)c(C)[nH]1. The third kappa shape index (κ3) is 10.3. The molecule has 1 fully saturated rings. The van der Waals surface area contributed by atoms with Gasteiger partial charge in [0, 0.05) is 19.2 Å². The molecule has 2 rings (SSSR count). The smallest absolute Gasteiger partial charge is 0.220 e. The van der Waals surface area contributed by atoms with Gasteiger partial charge in [-0.1, -0.05) is 70.7 Å². The van der Waals surface area contributed by atoms with Gasteiger partial charge in [0.25, 0.3) is 0 Å². The summed E-state index contributed by atoms with van der Waals surface area (Å²) in [7, 11) is 0. The number of rotatable bonds is 1. The van der Waals surface area contributed by atoms with Crippen LogP contribution < -0.4 is 0 Å². The van der Waals surface area contributed by atoms with Crippen molar-refractivity contribution in [1.82, 2.24) is 14.9 Å². The lowest BCUT2D eigenvalue weighted by molar-refractivity contribution is -0.130. The topological polar surface area (TPSA) is 49.0 Å². The maximum atomic E-state index is 11.6. The highest BCUT2D eigenvalue weighted by molar-refractivity contribution is 5.74. The summed E-state index contributed by atoms with van der Waals surface area (Å²) in [6.45, 7) is 20.7. The van der Waals surface area contributed by atoms with E-state index in [9.17, 15) is 4.79 Å². The molecule has 4 heteroatoms. The number of carbonyl (C=O) groups excluding carboxylic acids is 1. The fourth-order valence-corrected chi connectivity index (χ4v) is 2.39. The van der Waals surface area contributed by atoms with Crippen LogP contribution in [0.25, 0.3) is 0 Å². The number of imidazole rings is 1. The Labute approximate surface area is 159 Å². The van der Waals surface area contributed by atoms with Crippen LogP contribution in [0.1, 0.15) is 107 Å². The minimum absolute atomic E-state index is 0. The number of hydrogen-bond donors (Lipinski definition) is 1. The second-order valence-corrected chi connectivity index (χ2v) is 4.86. The molecular weight excluding hydrogens is 310 g/mol. The first-order valence-electron chi connectivity index (χ1n) is 8.79. The van der Waals surface area contributed by atoms with E-state index in [1.54, 1.807) is 6.92 Å². The molecule has 0 aliphatic carbocycles. The molecule has 1 N–H and O–H groups in total. The second-order valence-electron chi connectivity index (χ2n) is 4.86. The molecule has 1 aliphatic heterocycles. The Morgan fingerprint density at radius 3 is 1.80 bits per heavy atom. The highest BCUT2D eigenvalue weighted by Crippen LogP contribution is 2.34. The van der Waals surface area contributed by atoms with E-state index in [0.29, 0.717) is 5.92 Å². The maximum absolute atomic E-state index is 11.6. The summed E-state index contributed by atoms with van der Waals surface area (Å²) in [6, 6.07) is 0.139. The lowest BCUT2D eigenvalue weighted by Gasteiger charge is -2.21. The van der Waals surface area contributed by atoms with Crippen molar-refractivity contribution in [2.24, 2.45) is 5.92 Å². The van der Waals surface area contributed by atoms with Crippen LogP contribution in [0.3, 0.4) is 0 Å². The average Bonchev–Trinajstić information content (AvgIpc) is 3.09. The molecule has 1 aromatic heterocycles. The Hall–Kier alpha value is -1.32. The van der Waals surface area contributed by atoms with Crippen LogP contribution >= 0.6 is 0 Å². The van der Waals surface area contributed by atoms with Crippen LogP contribution in [0.15, 0.2) is 0 Å². The molecular formula is C21H49N3O. The first-order chi connectivity index (χ1) is 10.5.